The zero-order valence-corrected chi connectivity index (χ0v) is 14.3. The van der Waals surface area contributed by atoms with Gasteiger partial charge < -0.3 is 5.11 Å². The van der Waals surface area contributed by atoms with Crippen LogP contribution in [0.3, 0.4) is 0 Å². The number of thioether (sulfide) groups is 1. The summed E-state index contributed by atoms with van der Waals surface area (Å²) in [4.78, 5) is 2.39. The summed E-state index contributed by atoms with van der Waals surface area (Å²) >= 11 is 10.3. The molecule has 0 amide bonds. The van der Waals surface area contributed by atoms with Gasteiger partial charge in [0.05, 0.1) is 6.10 Å². The van der Waals surface area contributed by atoms with Crippen molar-refractivity contribution in [3.63, 3.8) is 0 Å². The molecule has 1 N–H and O–H groups in total. The van der Waals surface area contributed by atoms with Crippen molar-refractivity contribution >= 4 is 55.0 Å². The fourth-order valence-electron chi connectivity index (χ4n) is 1.47. The lowest BCUT2D eigenvalue weighted by molar-refractivity contribution is 0.201. The van der Waals surface area contributed by atoms with Crippen molar-refractivity contribution in [1.29, 1.82) is 0 Å². The minimum absolute atomic E-state index is 0.311. The maximum Gasteiger partial charge on any atom is 0.0682 e. The van der Waals surface area contributed by atoms with E-state index < -0.39 is 0 Å². The van der Waals surface area contributed by atoms with Crippen LogP contribution < -0.4 is 0 Å². The summed E-state index contributed by atoms with van der Waals surface area (Å²) < 4.78 is 2.18. The predicted molar refractivity (Wildman–Crippen MR) is 86.6 cm³/mol. The van der Waals surface area contributed by atoms with Gasteiger partial charge in [-0.15, -0.1) is 23.1 Å². The Morgan fingerprint density at radius 3 is 2.50 bits per heavy atom. The van der Waals surface area contributed by atoms with Gasteiger partial charge in [-0.05, 0) is 51.6 Å². The Balaban J connectivity index is 1.83. The van der Waals surface area contributed by atoms with Gasteiger partial charge in [0.25, 0.3) is 0 Å². The molecule has 1 nitrogen and oxygen atoms in total. The van der Waals surface area contributed by atoms with Crippen LogP contribution in [0.2, 0.25) is 0 Å². The second-order valence-electron chi connectivity index (χ2n) is 3.81. The molecule has 1 heterocycles. The third-order valence-corrected chi connectivity index (χ3v) is 6.00. The summed E-state index contributed by atoms with van der Waals surface area (Å²) in [5, 5.41) is 12.1. The summed E-state index contributed by atoms with van der Waals surface area (Å²) in [6.45, 7) is 0. The molecule has 0 fully saturated rings. The van der Waals surface area contributed by atoms with Gasteiger partial charge in [-0.2, -0.15) is 0 Å². The zero-order valence-electron chi connectivity index (χ0n) is 9.48. The lowest BCUT2D eigenvalue weighted by Crippen LogP contribution is -2.12. The molecule has 0 bridgehead atoms. The molecular weight excluding hydrogens is 396 g/mol. The molecule has 5 heteroatoms. The van der Waals surface area contributed by atoms with Crippen molar-refractivity contribution in [3.8, 4) is 0 Å². The van der Waals surface area contributed by atoms with Crippen LogP contribution in [0.1, 0.15) is 4.88 Å². The molecule has 0 spiro atoms. The maximum atomic E-state index is 10.0. The van der Waals surface area contributed by atoms with Gasteiger partial charge in [-0.3, -0.25) is 0 Å². The Labute approximate surface area is 132 Å². The molecule has 1 unspecified atom stereocenters. The van der Waals surface area contributed by atoms with Crippen LogP contribution >= 0.6 is 55.0 Å². The standard InChI is InChI=1S/C13H12Br2OS2/c14-9-1-3-11(4-2-9)18-8-10(16)7-13-12(15)5-6-17-13/h1-6,10,16H,7-8H2. The highest BCUT2D eigenvalue weighted by Gasteiger charge is 2.10. The molecule has 18 heavy (non-hydrogen) atoms. The Morgan fingerprint density at radius 2 is 1.89 bits per heavy atom. The van der Waals surface area contributed by atoms with Crippen LogP contribution in [0, 0.1) is 0 Å². The molecule has 1 atom stereocenters. The van der Waals surface area contributed by atoms with E-state index in [-0.39, 0.29) is 6.10 Å². The van der Waals surface area contributed by atoms with Crippen molar-refractivity contribution in [2.75, 3.05) is 5.75 Å². The van der Waals surface area contributed by atoms with Gasteiger partial charge >= 0.3 is 0 Å². The Hall–Kier alpha value is 0.190. The number of thiophene rings is 1. The molecule has 1 aromatic carbocycles. The fraction of sp³-hybridized carbons (Fsp3) is 0.231. The van der Waals surface area contributed by atoms with Crippen LogP contribution in [-0.4, -0.2) is 17.0 Å². The van der Waals surface area contributed by atoms with Crippen molar-refractivity contribution in [2.24, 2.45) is 0 Å². The van der Waals surface area contributed by atoms with E-state index in [2.05, 4.69) is 44.0 Å². The Kier molecular flexibility index (Phi) is 5.76. The minimum Gasteiger partial charge on any atom is -0.392 e. The first kappa shape index (κ1) is 14.6. The fourth-order valence-corrected chi connectivity index (χ4v) is 4.15. The highest BCUT2D eigenvalue weighted by Crippen LogP contribution is 2.26. The van der Waals surface area contributed by atoms with Gasteiger partial charge in [0.1, 0.15) is 0 Å². The molecule has 0 aliphatic carbocycles. The Bertz CT molecular complexity index is 496. The average molecular weight is 408 g/mol. The van der Waals surface area contributed by atoms with Gasteiger partial charge in [0.2, 0.25) is 0 Å². The summed E-state index contributed by atoms with van der Waals surface area (Å²) in [6.07, 6.45) is 0.399. The number of aliphatic hydroxyl groups is 1. The number of hydrogen-bond donors (Lipinski definition) is 1. The molecule has 2 rings (SSSR count). The predicted octanol–water partition coefficient (Wildman–Crippen LogP) is 4.97. The van der Waals surface area contributed by atoms with Crippen molar-refractivity contribution in [2.45, 2.75) is 17.4 Å². The van der Waals surface area contributed by atoms with Crippen molar-refractivity contribution in [1.82, 2.24) is 0 Å². The van der Waals surface area contributed by atoms with E-state index in [1.165, 1.54) is 9.77 Å². The van der Waals surface area contributed by atoms with Crippen LogP contribution in [0.15, 0.2) is 49.6 Å². The molecular formula is C13H12Br2OS2. The topological polar surface area (TPSA) is 20.2 Å². The molecule has 0 radical (unpaired) electrons. The first-order valence-electron chi connectivity index (χ1n) is 5.43. The number of aliphatic hydroxyl groups excluding tert-OH is 1. The van der Waals surface area contributed by atoms with E-state index in [9.17, 15) is 5.11 Å². The lowest BCUT2D eigenvalue weighted by Gasteiger charge is -2.09. The zero-order chi connectivity index (χ0) is 13.0. The highest BCUT2D eigenvalue weighted by atomic mass is 79.9. The van der Waals surface area contributed by atoms with Crippen LogP contribution in [0.5, 0.6) is 0 Å². The molecule has 0 aliphatic heterocycles. The number of halogens is 2. The van der Waals surface area contributed by atoms with Gasteiger partial charge in [0.15, 0.2) is 0 Å². The third-order valence-electron chi connectivity index (χ3n) is 2.37. The van der Waals surface area contributed by atoms with E-state index in [1.807, 2.05) is 23.6 Å². The van der Waals surface area contributed by atoms with Crippen LogP contribution in [-0.2, 0) is 6.42 Å². The molecule has 2 aromatic rings. The van der Waals surface area contributed by atoms with E-state index in [0.29, 0.717) is 12.2 Å². The average Bonchev–Trinajstić information content (AvgIpc) is 2.74. The van der Waals surface area contributed by atoms with E-state index >= 15 is 0 Å². The molecule has 0 saturated carbocycles. The second-order valence-corrected chi connectivity index (χ2v) is 7.68. The molecule has 0 saturated heterocycles. The van der Waals surface area contributed by atoms with E-state index in [0.717, 1.165) is 8.95 Å². The van der Waals surface area contributed by atoms with Gasteiger partial charge in [0, 0.05) is 30.9 Å². The van der Waals surface area contributed by atoms with Crippen molar-refractivity contribution in [3.05, 3.63) is 49.5 Å². The number of hydrogen-bond acceptors (Lipinski definition) is 3. The third kappa shape index (κ3) is 4.38. The Morgan fingerprint density at radius 1 is 1.17 bits per heavy atom. The lowest BCUT2D eigenvalue weighted by atomic mass is 10.2. The quantitative estimate of drug-likeness (QED) is 0.706. The van der Waals surface area contributed by atoms with Gasteiger partial charge in [-0.25, -0.2) is 0 Å². The first-order valence-corrected chi connectivity index (χ1v) is 8.88. The normalized spacial score (nSPS) is 12.6. The number of benzene rings is 1. The van der Waals surface area contributed by atoms with Gasteiger partial charge in [-0.1, -0.05) is 15.9 Å². The summed E-state index contributed by atoms with van der Waals surface area (Å²) in [6, 6.07) is 10.2. The van der Waals surface area contributed by atoms with Crippen LogP contribution in [0.25, 0.3) is 0 Å². The minimum atomic E-state index is -0.311. The highest BCUT2D eigenvalue weighted by molar-refractivity contribution is 9.10. The SMILES string of the molecule is OC(CSc1ccc(Br)cc1)Cc1sccc1Br. The monoisotopic (exact) mass is 406 g/mol. The smallest absolute Gasteiger partial charge is 0.0682 e. The first-order chi connectivity index (χ1) is 8.65. The van der Waals surface area contributed by atoms with Crippen LogP contribution in [0.4, 0.5) is 0 Å². The summed E-state index contributed by atoms with van der Waals surface area (Å²) in [5.74, 6) is 0.714. The summed E-state index contributed by atoms with van der Waals surface area (Å²) in [7, 11) is 0. The van der Waals surface area contributed by atoms with E-state index in [1.54, 1.807) is 23.1 Å². The van der Waals surface area contributed by atoms with Crippen molar-refractivity contribution < 1.29 is 5.11 Å². The number of rotatable bonds is 5. The van der Waals surface area contributed by atoms with E-state index in [4.69, 9.17) is 0 Å². The largest absolute Gasteiger partial charge is 0.392 e. The molecule has 0 aliphatic rings. The molecule has 1 aromatic heterocycles. The molecule has 96 valence electrons. The summed E-state index contributed by atoms with van der Waals surface area (Å²) in [5.41, 5.74) is 0. The maximum absolute atomic E-state index is 10.0. The second kappa shape index (κ2) is 7.10.